The summed E-state index contributed by atoms with van der Waals surface area (Å²) in [6.45, 7) is 1.14. The number of benzene rings is 2. The van der Waals surface area contributed by atoms with Gasteiger partial charge >= 0.3 is 6.09 Å². The van der Waals surface area contributed by atoms with Gasteiger partial charge in [0.1, 0.15) is 18.4 Å². The molecule has 2 aromatic rings. The predicted octanol–water partition coefficient (Wildman–Crippen LogP) is 3.47. The van der Waals surface area contributed by atoms with Gasteiger partial charge in [-0.25, -0.2) is 9.69 Å². The predicted molar refractivity (Wildman–Crippen MR) is 104 cm³/mol. The molecule has 0 N–H and O–H groups in total. The number of nitrogens with zero attached hydrogens (tertiary/aromatic N) is 1. The standard InChI is InChI=1S/C22H21NO6/c1-26-17-9-7-15(18(13-17)21-27-11-12-28-21)8-10-20(24)23-19(14-29-22(23)25)16-5-3-2-4-6-16/h2-10,13,19,21H,11-12,14H2,1H3. The number of hydrogen-bond acceptors (Lipinski definition) is 6. The van der Waals surface area contributed by atoms with E-state index in [9.17, 15) is 9.59 Å². The summed E-state index contributed by atoms with van der Waals surface area (Å²) in [6, 6.07) is 14.3. The molecular formula is C22H21NO6. The number of carbonyl (C=O) groups excluding carboxylic acids is 2. The Balaban J connectivity index is 1.58. The van der Waals surface area contributed by atoms with Crippen LogP contribution in [-0.2, 0) is 19.0 Å². The molecule has 2 saturated heterocycles. The third-order valence-corrected chi connectivity index (χ3v) is 4.87. The minimum absolute atomic E-state index is 0.139. The number of cyclic esters (lactones) is 1. The third kappa shape index (κ3) is 4.01. The first-order valence-corrected chi connectivity index (χ1v) is 9.31. The molecule has 1 unspecified atom stereocenters. The Morgan fingerprint density at radius 2 is 1.90 bits per heavy atom. The highest BCUT2D eigenvalue weighted by molar-refractivity contribution is 6.02. The first-order valence-electron chi connectivity index (χ1n) is 9.31. The average Bonchev–Trinajstić information content (AvgIpc) is 3.42. The van der Waals surface area contributed by atoms with Gasteiger partial charge in [0.15, 0.2) is 6.29 Å². The van der Waals surface area contributed by atoms with Crippen molar-refractivity contribution in [3.63, 3.8) is 0 Å². The van der Waals surface area contributed by atoms with Crippen LogP contribution in [0.5, 0.6) is 5.75 Å². The van der Waals surface area contributed by atoms with Crippen LogP contribution in [0.1, 0.15) is 29.0 Å². The SMILES string of the molecule is COc1ccc(C=CC(=O)N2C(=O)OCC2c2ccccc2)c(C2OCCO2)c1. The molecule has 0 radical (unpaired) electrons. The molecule has 2 aliphatic heterocycles. The minimum atomic E-state index is -0.647. The fraction of sp³-hybridized carbons (Fsp3) is 0.273. The lowest BCUT2D eigenvalue weighted by Gasteiger charge is -2.18. The van der Waals surface area contributed by atoms with Crippen LogP contribution in [0.4, 0.5) is 4.79 Å². The zero-order valence-electron chi connectivity index (χ0n) is 15.9. The van der Waals surface area contributed by atoms with E-state index >= 15 is 0 Å². The van der Waals surface area contributed by atoms with Crippen molar-refractivity contribution in [2.24, 2.45) is 0 Å². The summed E-state index contributed by atoms with van der Waals surface area (Å²) in [5, 5.41) is 0. The Kier molecular flexibility index (Phi) is 5.59. The van der Waals surface area contributed by atoms with Gasteiger partial charge in [-0.1, -0.05) is 36.4 Å². The fourth-order valence-corrected chi connectivity index (χ4v) is 3.40. The Morgan fingerprint density at radius 1 is 1.14 bits per heavy atom. The van der Waals surface area contributed by atoms with Crippen LogP contribution >= 0.6 is 0 Å². The van der Waals surface area contributed by atoms with Gasteiger partial charge in [-0.3, -0.25) is 4.79 Å². The number of rotatable bonds is 5. The lowest BCUT2D eigenvalue weighted by atomic mass is 10.0. The van der Waals surface area contributed by atoms with Crippen molar-refractivity contribution in [2.75, 3.05) is 26.9 Å². The highest BCUT2D eigenvalue weighted by Crippen LogP contribution is 2.31. The maximum atomic E-state index is 12.8. The highest BCUT2D eigenvalue weighted by Gasteiger charge is 2.37. The first kappa shape index (κ1) is 19.2. The summed E-state index contributed by atoms with van der Waals surface area (Å²) in [4.78, 5) is 26.1. The van der Waals surface area contributed by atoms with E-state index in [0.717, 1.165) is 21.6 Å². The summed E-state index contributed by atoms with van der Waals surface area (Å²) in [5.41, 5.74) is 2.35. The topological polar surface area (TPSA) is 74.3 Å². The van der Waals surface area contributed by atoms with Gasteiger partial charge in [0, 0.05) is 11.6 Å². The van der Waals surface area contributed by atoms with E-state index in [-0.39, 0.29) is 6.61 Å². The molecule has 2 heterocycles. The van der Waals surface area contributed by atoms with E-state index in [1.54, 1.807) is 19.3 Å². The van der Waals surface area contributed by atoms with E-state index in [1.165, 1.54) is 6.08 Å². The van der Waals surface area contributed by atoms with Gasteiger partial charge in [-0.05, 0) is 29.3 Å². The Hall–Kier alpha value is -3.16. The van der Waals surface area contributed by atoms with E-state index in [0.29, 0.717) is 19.0 Å². The summed E-state index contributed by atoms with van der Waals surface area (Å²) in [7, 11) is 1.58. The molecule has 7 heteroatoms. The smallest absolute Gasteiger partial charge is 0.417 e. The number of imide groups is 1. The Morgan fingerprint density at radius 3 is 2.62 bits per heavy atom. The summed E-state index contributed by atoms with van der Waals surface area (Å²) in [5.74, 6) is 0.214. The average molecular weight is 395 g/mol. The van der Waals surface area contributed by atoms with Crippen LogP contribution < -0.4 is 4.74 Å². The molecule has 0 saturated carbocycles. The lowest BCUT2D eigenvalue weighted by molar-refractivity contribution is -0.124. The van der Waals surface area contributed by atoms with E-state index < -0.39 is 24.3 Å². The molecule has 29 heavy (non-hydrogen) atoms. The molecule has 2 fully saturated rings. The zero-order chi connectivity index (χ0) is 20.2. The van der Waals surface area contributed by atoms with Crippen LogP contribution in [-0.4, -0.2) is 43.8 Å². The van der Waals surface area contributed by atoms with Crippen LogP contribution in [0.15, 0.2) is 54.6 Å². The molecule has 7 nitrogen and oxygen atoms in total. The molecular weight excluding hydrogens is 374 g/mol. The number of hydrogen-bond donors (Lipinski definition) is 0. The van der Waals surface area contributed by atoms with E-state index in [4.69, 9.17) is 18.9 Å². The first-order chi connectivity index (χ1) is 14.2. The van der Waals surface area contributed by atoms with Crippen molar-refractivity contribution in [1.29, 1.82) is 0 Å². The van der Waals surface area contributed by atoms with Gasteiger partial charge in [-0.2, -0.15) is 0 Å². The molecule has 2 aromatic carbocycles. The van der Waals surface area contributed by atoms with Crippen molar-refractivity contribution >= 4 is 18.1 Å². The van der Waals surface area contributed by atoms with E-state index in [1.807, 2.05) is 42.5 Å². The molecule has 1 atom stereocenters. The molecule has 0 aliphatic carbocycles. The summed E-state index contributed by atoms with van der Waals surface area (Å²) >= 11 is 0. The van der Waals surface area contributed by atoms with Crippen molar-refractivity contribution in [3.8, 4) is 5.75 Å². The van der Waals surface area contributed by atoms with Gasteiger partial charge in [0.25, 0.3) is 5.91 Å². The van der Waals surface area contributed by atoms with Gasteiger partial charge in [0.2, 0.25) is 0 Å². The number of methoxy groups -OCH3 is 1. The molecule has 0 aromatic heterocycles. The summed E-state index contributed by atoms with van der Waals surface area (Å²) in [6.07, 6.45) is 1.85. The molecule has 150 valence electrons. The lowest BCUT2D eigenvalue weighted by Crippen LogP contribution is -2.32. The molecule has 4 rings (SSSR count). The van der Waals surface area contributed by atoms with Crippen LogP contribution in [0.2, 0.25) is 0 Å². The normalized spacial score (nSPS) is 19.7. The maximum Gasteiger partial charge on any atom is 0.417 e. The van der Waals surface area contributed by atoms with Gasteiger partial charge in [-0.15, -0.1) is 0 Å². The monoisotopic (exact) mass is 395 g/mol. The molecule has 2 aliphatic rings. The Labute approximate surface area is 168 Å². The second-order valence-corrected chi connectivity index (χ2v) is 6.61. The van der Waals surface area contributed by atoms with Crippen LogP contribution in [0, 0.1) is 0 Å². The number of amides is 2. The zero-order valence-corrected chi connectivity index (χ0v) is 15.9. The van der Waals surface area contributed by atoms with Crippen LogP contribution in [0.25, 0.3) is 6.08 Å². The second kappa shape index (κ2) is 8.46. The van der Waals surface area contributed by atoms with Crippen molar-refractivity contribution in [1.82, 2.24) is 4.90 Å². The fourth-order valence-electron chi connectivity index (χ4n) is 3.40. The molecule has 0 bridgehead atoms. The number of ether oxygens (including phenoxy) is 4. The largest absolute Gasteiger partial charge is 0.497 e. The molecule has 0 spiro atoms. The van der Waals surface area contributed by atoms with Crippen molar-refractivity contribution in [2.45, 2.75) is 12.3 Å². The van der Waals surface area contributed by atoms with Gasteiger partial charge < -0.3 is 18.9 Å². The van der Waals surface area contributed by atoms with Crippen molar-refractivity contribution < 1.29 is 28.5 Å². The van der Waals surface area contributed by atoms with Crippen LogP contribution in [0.3, 0.4) is 0 Å². The molecule has 2 amide bonds. The summed E-state index contributed by atoms with van der Waals surface area (Å²) < 4.78 is 21.6. The second-order valence-electron chi connectivity index (χ2n) is 6.61. The Bertz CT molecular complexity index is 920. The minimum Gasteiger partial charge on any atom is -0.497 e. The highest BCUT2D eigenvalue weighted by atomic mass is 16.7. The quantitative estimate of drug-likeness (QED) is 0.722. The number of carbonyl (C=O) groups is 2. The third-order valence-electron chi connectivity index (χ3n) is 4.87. The maximum absolute atomic E-state index is 12.8. The van der Waals surface area contributed by atoms with E-state index in [2.05, 4.69) is 0 Å². The van der Waals surface area contributed by atoms with Crippen molar-refractivity contribution in [3.05, 3.63) is 71.3 Å². The van der Waals surface area contributed by atoms with Gasteiger partial charge in [0.05, 0.1) is 20.3 Å².